The molecule has 0 atom stereocenters. The summed E-state index contributed by atoms with van der Waals surface area (Å²) in [5, 5.41) is 4.59. The van der Waals surface area contributed by atoms with Crippen molar-refractivity contribution in [3.05, 3.63) is 63.7 Å². The molecule has 1 aromatic carbocycles. The summed E-state index contributed by atoms with van der Waals surface area (Å²) >= 11 is 9.54. The van der Waals surface area contributed by atoms with Gasteiger partial charge in [-0.2, -0.15) is 5.10 Å². The predicted molar refractivity (Wildman–Crippen MR) is 86.2 cm³/mol. The Hall–Kier alpha value is -1.72. The minimum absolute atomic E-state index is 0.441. The first-order chi connectivity index (χ1) is 10.1. The SMILES string of the molecule is Cn1cc(-c2cc(Cl)nc(Cc3ccc(Br)cc3)n2)cn1. The van der Waals surface area contributed by atoms with E-state index in [1.165, 1.54) is 0 Å². The summed E-state index contributed by atoms with van der Waals surface area (Å²) in [6, 6.07) is 9.84. The second-order valence-corrected chi connectivity index (χ2v) is 6.00. The monoisotopic (exact) mass is 362 g/mol. The second kappa shape index (κ2) is 5.95. The molecule has 21 heavy (non-hydrogen) atoms. The Morgan fingerprint density at radius 2 is 1.95 bits per heavy atom. The minimum Gasteiger partial charge on any atom is -0.275 e. The topological polar surface area (TPSA) is 43.6 Å². The third kappa shape index (κ3) is 3.49. The molecule has 2 heterocycles. The highest BCUT2D eigenvalue weighted by atomic mass is 79.9. The molecule has 0 N–H and O–H groups in total. The van der Waals surface area contributed by atoms with E-state index in [1.807, 2.05) is 37.5 Å². The standard InChI is InChI=1S/C15H12BrClN4/c1-21-9-11(8-18-21)13-7-14(17)20-15(19-13)6-10-2-4-12(16)5-3-10/h2-5,7-9H,6H2,1H3. The van der Waals surface area contributed by atoms with Gasteiger partial charge in [-0.05, 0) is 17.7 Å². The summed E-state index contributed by atoms with van der Waals surface area (Å²) < 4.78 is 2.79. The average Bonchev–Trinajstić information content (AvgIpc) is 2.88. The van der Waals surface area contributed by atoms with Crippen LogP contribution in [-0.4, -0.2) is 19.7 Å². The first-order valence-corrected chi connectivity index (χ1v) is 7.54. The lowest BCUT2D eigenvalue weighted by atomic mass is 10.1. The molecule has 0 aliphatic heterocycles. The van der Waals surface area contributed by atoms with Gasteiger partial charge in [0.05, 0.1) is 11.9 Å². The van der Waals surface area contributed by atoms with Crippen LogP contribution in [0.5, 0.6) is 0 Å². The van der Waals surface area contributed by atoms with E-state index in [2.05, 4.69) is 31.0 Å². The molecule has 0 saturated carbocycles. The Morgan fingerprint density at radius 1 is 1.19 bits per heavy atom. The molecule has 0 unspecified atom stereocenters. The highest BCUT2D eigenvalue weighted by Crippen LogP contribution is 2.20. The molecular formula is C15H12BrClN4. The molecular weight excluding hydrogens is 352 g/mol. The van der Waals surface area contributed by atoms with Crippen molar-refractivity contribution in [3.63, 3.8) is 0 Å². The van der Waals surface area contributed by atoms with E-state index in [1.54, 1.807) is 16.9 Å². The zero-order valence-electron chi connectivity index (χ0n) is 11.3. The molecule has 0 spiro atoms. The summed E-state index contributed by atoms with van der Waals surface area (Å²) in [7, 11) is 1.87. The molecule has 0 saturated heterocycles. The highest BCUT2D eigenvalue weighted by molar-refractivity contribution is 9.10. The van der Waals surface area contributed by atoms with Gasteiger partial charge in [0.15, 0.2) is 0 Å². The van der Waals surface area contributed by atoms with Crippen molar-refractivity contribution >= 4 is 27.5 Å². The quantitative estimate of drug-likeness (QED) is 0.663. The average molecular weight is 364 g/mol. The minimum atomic E-state index is 0.441. The van der Waals surface area contributed by atoms with E-state index < -0.39 is 0 Å². The molecule has 6 heteroatoms. The summed E-state index contributed by atoms with van der Waals surface area (Å²) in [5.74, 6) is 0.698. The van der Waals surface area contributed by atoms with Crippen molar-refractivity contribution in [1.29, 1.82) is 0 Å². The highest BCUT2D eigenvalue weighted by Gasteiger charge is 2.08. The fraction of sp³-hybridized carbons (Fsp3) is 0.133. The zero-order chi connectivity index (χ0) is 14.8. The third-order valence-corrected chi connectivity index (χ3v) is 3.74. The van der Waals surface area contributed by atoms with Crippen LogP contribution in [0, 0.1) is 0 Å². The normalized spacial score (nSPS) is 10.8. The molecule has 0 amide bonds. The van der Waals surface area contributed by atoms with Crippen LogP contribution in [-0.2, 0) is 13.5 Å². The summed E-state index contributed by atoms with van der Waals surface area (Å²) in [6.07, 6.45) is 4.31. The van der Waals surface area contributed by atoms with Gasteiger partial charge >= 0.3 is 0 Å². The van der Waals surface area contributed by atoms with Crippen LogP contribution in [0.1, 0.15) is 11.4 Å². The van der Waals surface area contributed by atoms with Crippen LogP contribution in [0.4, 0.5) is 0 Å². The maximum atomic E-state index is 6.11. The van der Waals surface area contributed by atoms with Crippen LogP contribution in [0.15, 0.2) is 47.2 Å². The van der Waals surface area contributed by atoms with Crippen molar-refractivity contribution < 1.29 is 0 Å². The van der Waals surface area contributed by atoms with Gasteiger partial charge in [0.2, 0.25) is 0 Å². The Labute approximate surface area is 135 Å². The zero-order valence-corrected chi connectivity index (χ0v) is 13.6. The largest absolute Gasteiger partial charge is 0.275 e. The second-order valence-electron chi connectivity index (χ2n) is 4.70. The van der Waals surface area contributed by atoms with Crippen LogP contribution in [0.2, 0.25) is 5.15 Å². The van der Waals surface area contributed by atoms with E-state index in [0.29, 0.717) is 17.4 Å². The first-order valence-electron chi connectivity index (χ1n) is 6.37. The number of benzene rings is 1. The van der Waals surface area contributed by atoms with Crippen molar-refractivity contribution in [2.24, 2.45) is 7.05 Å². The van der Waals surface area contributed by atoms with E-state index in [9.17, 15) is 0 Å². The van der Waals surface area contributed by atoms with Gasteiger partial charge in [-0.25, -0.2) is 9.97 Å². The van der Waals surface area contributed by atoms with Crippen molar-refractivity contribution in [3.8, 4) is 11.3 Å². The van der Waals surface area contributed by atoms with E-state index in [4.69, 9.17) is 11.6 Å². The van der Waals surface area contributed by atoms with Crippen molar-refractivity contribution in [2.75, 3.05) is 0 Å². The molecule has 2 aromatic heterocycles. The van der Waals surface area contributed by atoms with Crippen molar-refractivity contribution in [2.45, 2.75) is 6.42 Å². The Balaban J connectivity index is 1.92. The van der Waals surface area contributed by atoms with E-state index in [0.717, 1.165) is 21.3 Å². The molecule has 0 aliphatic rings. The molecule has 106 valence electrons. The number of rotatable bonds is 3. The molecule has 0 bridgehead atoms. The van der Waals surface area contributed by atoms with Crippen LogP contribution >= 0.6 is 27.5 Å². The summed E-state index contributed by atoms with van der Waals surface area (Å²) in [6.45, 7) is 0. The van der Waals surface area contributed by atoms with E-state index >= 15 is 0 Å². The number of nitrogens with zero attached hydrogens (tertiary/aromatic N) is 4. The van der Waals surface area contributed by atoms with Gasteiger partial charge in [-0.15, -0.1) is 0 Å². The van der Waals surface area contributed by atoms with Gasteiger partial charge in [0.1, 0.15) is 11.0 Å². The van der Waals surface area contributed by atoms with Gasteiger partial charge in [0, 0.05) is 35.8 Å². The molecule has 0 radical (unpaired) electrons. The lowest BCUT2D eigenvalue weighted by molar-refractivity contribution is 0.768. The number of hydrogen-bond acceptors (Lipinski definition) is 3. The van der Waals surface area contributed by atoms with Gasteiger partial charge < -0.3 is 0 Å². The van der Waals surface area contributed by atoms with Gasteiger partial charge in [0.25, 0.3) is 0 Å². The van der Waals surface area contributed by atoms with Gasteiger partial charge in [-0.1, -0.05) is 39.7 Å². The molecule has 3 aromatic rings. The number of aryl methyl sites for hydroxylation is 1. The lowest BCUT2D eigenvalue weighted by Gasteiger charge is -2.04. The maximum Gasteiger partial charge on any atom is 0.135 e. The Bertz CT molecular complexity index is 768. The van der Waals surface area contributed by atoms with Crippen LogP contribution in [0.3, 0.4) is 0 Å². The maximum absolute atomic E-state index is 6.11. The first kappa shape index (κ1) is 14.2. The summed E-state index contributed by atoms with van der Waals surface area (Å²) in [5.41, 5.74) is 2.85. The number of hydrogen-bond donors (Lipinski definition) is 0. The Kier molecular flexibility index (Phi) is 4.03. The fourth-order valence-electron chi connectivity index (χ4n) is 2.03. The van der Waals surface area contributed by atoms with Gasteiger partial charge in [-0.3, -0.25) is 4.68 Å². The lowest BCUT2D eigenvalue weighted by Crippen LogP contribution is -1.98. The smallest absolute Gasteiger partial charge is 0.135 e. The fourth-order valence-corrected chi connectivity index (χ4v) is 2.50. The predicted octanol–water partition coefficient (Wildman–Crippen LogP) is 3.88. The van der Waals surface area contributed by atoms with E-state index in [-0.39, 0.29) is 0 Å². The molecule has 4 nitrogen and oxygen atoms in total. The van der Waals surface area contributed by atoms with Crippen LogP contribution < -0.4 is 0 Å². The Morgan fingerprint density at radius 3 is 2.62 bits per heavy atom. The number of aromatic nitrogens is 4. The van der Waals surface area contributed by atoms with Crippen molar-refractivity contribution in [1.82, 2.24) is 19.7 Å². The molecule has 3 rings (SSSR count). The summed E-state index contributed by atoms with van der Waals surface area (Å²) in [4.78, 5) is 8.87. The number of halogens is 2. The van der Waals surface area contributed by atoms with Crippen LogP contribution in [0.25, 0.3) is 11.3 Å². The molecule has 0 fully saturated rings. The molecule has 0 aliphatic carbocycles. The third-order valence-electron chi connectivity index (χ3n) is 3.02.